The first-order valence-corrected chi connectivity index (χ1v) is 7.94. The molecule has 20 heavy (non-hydrogen) atoms. The normalized spacial score (nSPS) is 11.8. The number of hydrogen-bond acceptors (Lipinski definition) is 3. The molecule has 1 rings (SSSR count). The van der Waals surface area contributed by atoms with Crippen molar-refractivity contribution in [1.82, 2.24) is 4.90 Å². The van der Waals surface area contributed by atoms with E-state index in [9.17, 15) is 22.0 Å². The number of benzene rings is 1. The summed E-state index contributed by atoms with van der Waals surface area (Å²) in [7, 11) is 2.51. The third-order valence-electron chi connectivity index (χ3n) is 2.77. The lowest BCUT2D eigenvalue weighted by Crippen LogP contribution is -2.31. The number of hydrogen-bond donors (Lipinski definition) is 0. The smallest absolute Gasteiger partial charge is 0.261 e. The van der Waals surface area contributed by atoms with Gasteiger partial charge in [0.2, 0.25) is 0 Å². The lowest BCUT2D eigenvalue weighted by Gasteiger charge is -2.18. The van der Waals surface area contributed by atoms with Crippen LogP contribution < -0.4 is 0 Å². The Hall–Kier alpha value is -1.21. The summed E-state index contributed by atoms with van der Waals surface area (Å²) in [6.45, 7) is 2.41. The molecule has 0 aliphatic rings. The predicted molar refractivity (Wildman–Crippen MR) is 71.9 cm³/mol. The summed E-state index contributed by atoms with van der Waals surface area (Å²) in [4.78, 5) is 12.7. The molecule has 112 valence electrons. The van der Waals surface area contributed by atoms with Crippen LogP contribution in [0.1, 0.15) is 21.5 Å². The minimum absolute atomic E-state index is 0.0398. The number of nitrogens with zero attached hydrogens (tertiary/aromatic N) is 1. The van der Waals surface area contributed by atoms with Gasteiger partial charge in [-0.2, -0.15) is 0 Å². The van der Waals surface area contributed by atoms with Crippen molar-refractivity contribution >= 4 is 25.6 Å². The Balaban J connectivity index is 3.29. The van der Waals surface area contributed by atoms with Gasteiger partial charge in [0.05, 0.1) is 11.4 Å². The molecule has 0 unspecified atom stereocenters. The van der Waals surface area contributed by atoms with Crippen LogP contribution >= 0.6 is 10.7 Å². The van der Waals surface area contributed by atoms with Crippen LogP contribution in [0.4, 0.5) is 8.78 Å². The van der Waals surface area contributed by atoms with Gasteiger partial charge in [-0.3, -0.25) is 4.79 Å². The minimum atomic E-state index is -4.00. The first-order chi connectivity index (χ1) is 9.04. The molecule has 4 nitrogen and oxygen atoms in total. The maximum atomic E-state index is 12.3. The molecule has 0 heterocycles. The Labute approximate surface area is 120 Å². The zero-order valence-corrected chi connectivity index (χ0v) is 12.7. The van der Waals surface area contributed by atoms with Crippen LogP contribution in [0.5, 0.6) is 0 Å². The van der Waals surface area contributed by atoms with Crippen molar-refractivity contribution < 1.29 is 22.0 Å². The van der Waals surface area contributed by atoms with Crippen LogP contribution in [0.2, 0.25) is 0 Å². The number of alkyl halides is 2. The topological polar surface area (TPSA) is 54.5 Å². The summed E-state index contributed by atoms with van der Waals surface area (Å²) in [5.74, 6) is -0.677. The van der Waals surface area contributed by atoms with Gasteiger partial charge in [0.25, 0.3) is 21.4 Å². The van der Waals surface area contributed by atoms with E-state index in [1.807, 2.05) is 0 Å². The SMILES string of the molecule is Cc1cc(C)c(S(=O)(=O)Cl)cc1C(=O)N(C)CC(F)F. The quantitative estimate of drug-likeness (QED) is 0.799. The molecule has 0 bridgehead atoms. The van der Waals surface area contributed by atoms with Crippen molar-refractivity contribution in [3.8, 4) is 0 Å². The Morgan fingerprint density at radius 1 is 1.30 bits per heavy atom. The Morgan fingerprint density at radius 3 is 2.30 bits per heavy atom. The molecule has 0 spiro atoms. The van der Waals surface area contributed by atoms with Gasteiger partial charge >= 0.3 is 0 Å². The fourth-order valence-corrected chi connectivity index (χ4v) is 3.02. The van der Waals surface area contributed by atoms with Crippen LogP contribution in [0.3, 0.4) is 0 Å². The third kappa shape index (κ3) is 3.89. The summed E-state index contributed by atoms with van der Waals surface area (Å²) < 4.78 is 47.4. The fourth-order valence-electron chi connectivity index (χ4n) is 1.82. The van der Waals surface area contributed by atoms with Gasteiger partial charge in [-0.25, -0.2) is 17.2 Å². The molecule has 0 atom stereocenters. The van der Waals surface area contributed by atoms with Crippen LogP contribution in [0, 0.1) is 13.8 Å². The van der Waals surface area contributed by atoms with E-state index in [2.05, 4.69) is 0 Å². The summed E-state index contributed by atoms with van der Waals surface area (Å²) in [6.07, 6.45) is -2.66. The van der Waals surface area contributed by atoms with E-state index < -0.39 is 27.9 Å². The largest absolute Gasteiger partial charge is 0.336 e. The predicted octanol–water partition coefficient (Wildman–Crippen LogP) is 2.57. The summed E-state index contributed by atoms with van der Waals surface area (Å²) in [5, 5.41) is 0. The second kappa shape index (κ2) is 6.05. The van der Waals surface area contributed by atoms with Crippen LogP contribution in [-0.2, 0) is 9.05 Å². The van der Waals surface area contributed by atoms with Crippen molar-refractivity contribution in [1.29, 1.82) is 0 Å². The number of carbonyl (C=O) groups is 1. The Morgan fingerprint density at radius 2 is 1.85 bits per heavy atom. The summed E-state index contributed by atoms with van der Waals surface area (Å²) in [5.41, 5.74) is 0.932. The van der Waals surface area contributed by atoms with Gasteiger partial charge in [0.1, 0.15) is 0 Å². The molecule has 1 amide bonds. The Kier molecular flexibility index (Phi) is 5.10. The average Bonchev–Trinajstić information content (AvgIpc) is 2.25. The monoisotopic (exact) mass is 325 g/mol. The molecule has 0 radical (unpaired) electrons. The van der Waals surface area contributed by atoms with E-state index in [1.165, 1.54) is 13.1 Å². The summed E-state index contributed by atoms with van der Waals surface area (Å²) in [6, 6.07) is 2.61. The molecule has 1 aromatic rings. The molecule has 0 N–H and O–H groups in total. The third-order valence-corrected chi connectivity index (χ3v) is 4.24. The van der Waals surface area contributed by atoms with Gasteiger partial charge in [-0.15, -0.1) is 0 Å². The molecular weight excluding hydrogens is 312 g/mol. The van der Waals surface area contributed by atoms with Gasteiger partial charge < -0.3 is 4.90 Å². The molecule has 0 saturated carbocycles. The molecule has 8 heteroatoms. The van der Waals surface area contributed by atoms with E-state index in [0.717, 1.165) is 11.0 Å². The standard InChI is InChI=1S/C12H14ClF2NO3S/c1-7-4-8(2)10(20(13,18)19)5-9(7)12(17)16(3)6-11(14)15/h4-5,11H,6H2,1-3H3. The molecule has 0 aromatic heterocycles. The van der Waals surface area contributed by atoms with E-state index in [-0.39, 0.29) is 10.5 Å². The first kappa shape index (κ1) is 16.8. The van der Waals surface area contributed by atoms with Crippen molar-refractivity contribution in [3.05, 3.63) is 28.8 Å². The highest BCUT2D eigenvalue weighted by Crippen LogP contribution is 2.24. The number of aryl methyl sites for hydroxylation is 2. The van der Waals surface area contributed by atoms with Crippen LogP contribution in [0.15, 0.2) is 17.0 Å². The first-order valence-electron chi connectivity index (χ1n) is 5.63. The van der Waals surface area contributed by atoms with Gasteiger partial charge in [0.15, 0.2) is 0 Å². The van der Waals surface area contributed by atoms with Gasteiger partial charge in [-0.1, -0.05) is 6.07 Å². The molecule has 0 fully saturated rings. The van der Waals surface area contributed by atoms with Crippen molar-refractivity contribution in [3.63, 3.8) is 0 Å². The highest BCUT2D eigenvalue weighted by atomic mass is 35.7. The van der Waals surface area contributed by atoms with Gasteiger partial charge in [0, 0.05) is 23.3 Å². The molecule has 1 aromatic carbocycles. The number of carbonyl (C=O) groups excluding carboxylic acids is 1. The summed E-state index contributed by atoms with van der Waals surface area (Å²) >= 11 is 0. The van der Waals surface area contributed by atoms with Gasteiger partial charge in [-0.05, 0) is 31.0 Å². The maximum Gasteiger partial charge on any atom is 0.261 e. The molecule has 0 saturated heterocycles. The lowest BCUT2D eigenvalue weighted by atomic mass is 10.0. The maximum absolute atomic E-state index is 12.3. The molecule has 0 aliphatic carbocycles. The lowest BCUT2D eigenvalue weighted by molar-refractivity contribution is 0.0619. The van der Waals surface area contributed by atoms with Crippen molar-refractivity contribution in [2.75, 3.05) is 13.6 Å². The van der Waals surface area contributed by atoms with E-state index in [1.54, 1.807) is 13.8 Å². The zero-order valence-electron chi connectivity index (χ0n) is 11.2. The second-order valence-corrected chi connectivity index (χ2v) is 6.98. The van der Waals surface area contributed by atoms with Crippen molar-refractivity contribution in [2.45, 2.75) is 25.2 Å². The Bertz CT molecular complexity index is 632. The van der Waals surface area contributed by atoms with Crippen LogP contribution in [0.25, 0.3) is 0 Å². The molecule has 0 aliphatic heterocycles. The average molecular weight is 326 g/mol. The number of amides is 1. The van der Waals surface area contributed by atoms with E-state index >= 15 is 0 Å². The van der Waals surface area contributed by atoms with Crippen molar-refractivity contribution in [2.24, 2.45) is 0 Å². The highest BCUT2D eigenvalue weighted by Gasteiger charge is 2.22. The van der Waals surface area contributed by atoms with E-state index in [4.69, 9.17) is 10.7 Å². The van der Waals surface area contributed by atoms with Crippen LogP contribution in [-0.4, -0.2) is 39.2 Å². The number of rotatable bonds is 4. The zero-order chi connectivity index (χ0) is 15.7. The molecular formula is C12H14ClF2NO3S. The van der Waals surface area contributed by atoms with E-state index in [0.29, 0.717) is 11.1 Å². The second-order valence-electron chi connectivity index (χ2n) is 4.45. The fraction of sp³-hybridized carbons (Fsp3) is 0.417. The number of halogens is 3. The minimum Gasteiger partial charge on any atom is -0.336 e. The highest BCUT2D eigenvalue weighted by molar-refractivity contribution is 8.13.